The Bertz CT molecular complexity index is 1510. The number of benzene rings is 2. The van der Waals surface area contributed by atoms with Crippen molar-refractivity contribution >= 4 is 65.6 Å². The van der Waals surface area contributed by atoms with Crippen LogP contribution in [-0.2, 0) is 75.7 Å². The van der Waals surface area contributed by atoms with Crippen molar-refractivity contribution in [2.75, 3.05) is 0 Å². The number of aromatic carboxylic acids is 2. The second-order valence-corrected chi connectivity index (χ2v) is 12.6. The third-order valence-corrected chi connectivity index (χ3v) is 7.26. The van der Waals surface area contributed by atoms with Crippen LogP contribution in [0.25, 0.3) is 11.5 Å². The Morgan fingerprint density at radius 1 is 0.478 bits per heavy atom. The molecule has 0 spiro atoms. The number of carbonyl (C=O) groups excluding carboxylic acids is 3. The van der Waals surface area contributed by atoms with Gasteiger partial charge in [-0.2, -0.15) is 30.8 Å². The molecule has 2 fully saturated rings. The number of hydrogen-bond donors (Lipinski definition) is 8. The predicted molar refractivity (Wildman–Crippen MR) is 230 cm³/mol. The van der Waals surface area contributed by atoms with E-state index in [9.17, 15) is 19.2 Å². The molecule has 22 nitrogen and oxygen atoms in total. The third kappa shape index (κ3) is 57.6. The Morgan fingerprint density at radius 2 is 0.642 bits per heavy atom. The summed E-state index contributed by atoms with van der Waals surface area (Å²) < 4.78 is 0. The largest absolute Gasteiger partial charge is 2.00 e. The Balaban J connectivity index is -0.0000000827. The summed E-state index contributed by atoms with van der Waals surface area (Å²) in [7, 11) is 0. The summed E-state index contributed by atoms with van der Waals surface area (Å²) in [6.07, 6.45) is 11.1. The zero-order valence-corrected chi connectivity index (χ0v) is 45.9. The van der Waals surface area contributed by atoms with E-state index >= 15 is 0 Å². The van der Waals surface area contributed by atoms with Gasteiger partial charge in [-0.3, -0.25) is 25.5 Å². The summed E-state index contributed by atoms with van der Waals surface area (Å²) in [6.45, 7) is 14.1. The number of aliphatic carboxylic acids is 6. The molecule has 2 aliphatic carbocycles. The van der Waals surface area contributed by atoms with E-state index in [1.165, 1.54) is 114 Å². The molecular weight excluding hydrogens is 1480 g/mol. The molecule has 0 aliphatic heterocycles. The molecule has 67 heavy (non-hydrogen) atoms. The van der Waals surface area contributed by atoms with Crippen molar-refractivity contribution in [3.8, 4) is 0 Å². The zero-order valence-electron chi connectivity index (χ0n) is 37.2. The molecule has 4 rings (SSSR count). The molecular formula is C42H59N2O20Pt2U-. The van der Waals surface area contributed by atoms with Gasteiger partial charge >= 0.3 is 77.9 Å². The first kappa shape index (κ1) is 82.6. The van der Waals surface area contributed by atoms with E-state index < -0.39 is 47.8 Å². The maximum Gasteiger partial charge on any atom is 2.00 e. The fourth-order valence-electron chi connectivity index (χ4n) is 4.11. The minimum absolute atomic E-state index is 0. The van der Waals surface area contributed by atoms with Crippen molar-refractivity contribution in [3.63, 3.8) is 0 Å². The monoisotopic (exact) mass is 1540 g/mol. The molecule has 2 aliphatic rings. The summed E-state index contributed by atoms with van der Waals surface area (Å²) in [5.41, 5.74) is 16.3. The molecule has 12 N–H and O–H groups in total. The molecule has 2 aromatic carbocycles. The number of carbonyl (C=O) groups is 10. The van der Waals surface area contributed by atoms with Crippen molar-refractivity contribution in [2.24, 2.45) is 11.8 Å². The van der Waals surface area contributed by atoms with Crippen LogP contribution in [-0.4, -0.2) is 124 Å². The van der Waals surface area contributed by atoms with Crippen LogP contribution in [0.4, 0.5) is 0 Å². The maximum absolute atomic E-state index is 10.8. The van der Waals surface area contributed by atoms with Gasteiger partial charge in [0, 0.05) is 56.1 Å². The minimum atomic E-state index is -1.82. The molecule has 0 heterocycles. The van der Waals surface area contributed by atoms with E-state index in [2.05, 4.69) is 13.8 Å². The average molecular weight is 1540 g/mol. The van der Waals surface area contributed by atoms with Crippen molar-refractivity contribution < 1.29 is 172 Å². The quantitative estimate of drug-likeness (QED) is 0.102. The zero-order chi connectivity index (χ0) is 50.4. The predicted octanol–water partition coefficient (Wildman–Crippen LogP) is 5.82. The Hall–Kier alpha value is -4.48. The summed E-state index contributed by atoms with van der Waals surface area (Å²) >= 11 is 0. The molecule has 382 valence electrons. The second kappa shape index (κ2) is 50.9. The van der Waals surface area contributed by atoms with Crippen molar-refractivity contribution in [1.29, 1.82) is 0 Å². The van der Waals surface area contributed by atoms with Gasteiger partial charge in [0.1, 0.15) is 0 Å². The van der Waals surface area contributed by atoms with E-state index in [-0.39, 0.29) is 113 Å². The Kier molecular flexibility index (Phi) is 62.8. The molecule has 4 atom stereocenters. The molecule has 0 saturated heterocycles. The number of ketones is 2. The van der Waals surface area contributed by atoms with E-state index in [1.807, 2.05) is 0 Å². The van der Waals surface area contributed by atoms with Crippen LogP contribution >= 0.6 is 0 Å². The number of rotatable bonds is 4. The Labute approximate surface area is 440 Å². The molecule has 0 radical (unpaired) electrons. The fourth-order valence-corrected chi connectivity index (χ4v) is 4.11. The standard InChI is InChI=1S/2C9H8O3.2C7H13N.2C2H2O4.2C2H4O2.C2H3O.H2O.2Pt.U/c2*1-6(10)7-2-4-8(5-3-7)9(11)12;2*1-6-4-2-3-5-7(6)8;2*3-1(4)2(5)6;2*1-2(3)4;1-2-3;;;;/h2*2-5H,1H3,(H,11,12);2*6-8H,1-5H2;2*(H,3,4)(H,5,6);2*1H3,(H,3,4);1H3;1H2;;;/q;;2*-2;;;;;-1;;2*+2;/t;;2*6-,7-;;;;;;;;;/m..11........./s1. The van der Waals surface area contributed by atoms with E-state index in [1.54, 1.807) is 0 Å². The second-order valence-electron chi connectivity index (χ2n) is 12.6. The van der Waals surface area contributed by atoms with Crippen molar-refractivity contribution in [2.45, 2.75) is 98.1 Å². The van der Waals surface area contributed by atoms with Crippen LogP contribution in [0.5, 0.6) is 0 Å². The first-order valence-corrected chi connectivity index (χ1v) is 18.4. The summed E-state index contributed by atoms with van der Waals surface area (Å²) in [5, 5.41) is 61.5. The fraction of sp³-hybridized carbons (Fsp3) is 0.405. The minimum Gasteiger partial charge on any atom is -0.677 e. The molecule has 0 aromatic heterocycles. The van der Waals surface area contributed by atoms with Crippen LogP contribution in [0.3, 0.4) is 0 Å². The van der Waals surface area contributed by atoms with Gasteiger partial charge in [0.15, 0.2) is 11.6 Å². The molecule has 0 amide bonds. The van der Waals surface area contributed by atoms with Crippen LogP contribution in [0.15, 0.2) is 48.5 Å². The molecule has 0 bridgehead atoms. The number of carboxylic acids is 8. The van der Waals surface area contributed by atoms with Crippen molar-refractivity contribution in [3.05, 3.63) is 96.1 Å². The number of Topliss-reactive ketones (excluding diaryl/α,β-unsaturated/α-hetero) is 2. The first-order chi connectivity index (χ1) is 29.0. The van der Waals surface area contributed by atoms with Gasteiger partial charge in [0.2, 0.25) is 0 Å². The molecule has 25 heteroatoms. The number of hydrogen-bond acceptors (Lipinski definition) is 11. The normalized spacial score (nSPS) is 15.1. The van der Waals surface area contributed by atoms with E-state index in [4.69, 9.17) is 85.9 Å². The van der Waals surface area contributed by atoms with Crippen LogP contribution in [0.1, 0.15) is 127 Å². The van der Waals surface area contributed by atoms with Crippen LogP contribution in [0, 0.1) is 56.8 Å². The van der Waals surface area contributed by atoms with E-state index in [0.29, 0.717) is 23.0 Å². The summed E-state index contributed by atoms with van der Waals surface area (Å²) in [4.78, 5) is 105. The van der Waals surface area contributed by atoms with Gasteiger partial charge in [0.25, 0.3) is 11.9 Å². The third-order valence-electron chi connectivity index (χ3n) is 7.26. The first-order valence-electron chi connectivity index (χ1n) is 18.4. The summed E-state index contributed by atoms with van der Waals surface area (Å²) in [6, 6.07) is 12.0. The Morgan fingerprint density at radius 3 is 0.746 bits per heavy atom. The smallest absolute Gasteiger partial charge is 0.677 e. The average Bonchev–Trinajstić information content (AvgIpc) is 3.18. The summed E-state index contributed by atoms with van der Waals surface area (Å²) in [5.74, 6) is -10.2. The van der Waals surface area contributed by atoms with Gasteiger partial charge in [-0.25, -0.2) is 28.8 Å². The molecule has 2 aromatic rings. The number of carboxylic acid groups (broad SMARTS) is 8. The van der Waals surface area contributed by atoms with Gasteiger partial charge in [-0.15, -0.1) is 0 Å². The number of nitrogens with one attached hydrogen (secondary N) is 2. The van der Waals surface area contributed by atoms with E-state index in [0.717, 1.165) is 26.7 Å². The molecule has 2 saturated carbocycles. The van der Waals surface area contributed by atoms with Crippen LogP contribution < -0.4 is 0 Å². The van der Waals surface area contributed by atoms with Gasteiger partial charge in [0.05, 0.1) is 11.1 Å². The van der Waals surface area contributed by atoms with Gasteiger partial charge < -0.3 is 76.4 Å². The SMILES string of the molecule is CC(=O)O.CC(=O)O.CC(=O)c1ccc(C(=O)O)cc1.CC(=O)c1ccc(C(=O)O)cc1.C[C-]=O.O.O=C(O)C(=O)O.O=C(O)C(=O)O.[CH2-][C@@H]1CCCC[C@H]1[NH-].[CH2-][C@@H]1CCCC[C@H]1[NH-].[Pt+2].[Pt+2].[U]. The van der Waals surface area contributed by atoms with Crippen LogP contribution in [0.2, 0.25) is 0 Å². The van der Waals surface area contributed by atoms with Crippen molar-refractivity contribution in [1.82, 2.24) is 0 Å². The van der Waals surface area contributed by atoms with Gasteiger partial charge in [-0.1, -0.05) is 75.6 Å². The van der Waals surface area contributed by atoms with Gasteiger partial charge in [-0.05, 0) is 38.1 Å². The molecule has 0 unspecified atom stereocenters. The maximum atomic E-state index is 10.8. The topological polar surface area (TPSA) is 429 Å².